The number of aryl methyl sites for hydroxylation is 1. The number of carbonyl (C=O) groups excluding carboxylic acids is 1. The maximum absolute atomic E-state index is 13.7. The highest BCUT2D eigenvalue weighted by atomic mass is 19.4. The van der Waals surface area contributed by atoms with Gasteiger partial charge in [-0.3, -0.25) is 19.1 Å². The number of alkyl halides is 3. The van der Waals surface area contributed by atoms with Gasteiger partial charge in [0, 0.05) is 23.8 Å². The number of hydrogen-bond donors (Lipinski definition) is 1. The van der Waals surface area contributed by atoms with Gasteiger partial charge < -0.3 is 5.32 Å². The van der Waals surface area contributed by atoms with E-state index in [-0.39, 0.29) is 11.1 Å². The largest absolute Gasteiger partial charge is 0.417 e. The first-order chi connectivity index (χ1) is 15.7. The van der Waals surface area contributed by atoms with Crippen molar-refractivity contribution in [2.75, 3.05) is 0 Å². The van der Waals surface area contributed by atoms with E-state index in [1.54, 1.807) is 44.2 Å². The summed E-state index contributed by atoms with van der Waals surface area (Å²) in [6.45, 7) is 3.29. The molecule has 0 saturated carbocycles. The Kier molecular flexibility index (Phi) is 5.71. The number of hydrogen-bond acceptors (Lipinski definition) is 4. The van der Waals surface area contributed by atoms with Gasteiger partial charge in [0.25, 0.3) is 11.5 Å². The van der Waals surface area contributed by atoms with Crippen LogP contribution in [0.2, 0.25) is 0 Å². The third-order valence-electron chi connectivity index (χ3n) is 5.28. The van der Waals surface area contributed by atoms with Crippen LogP contribution in [0.5, 0.6) is 0 Å². The Morgan fingerprint density at radius 3 is 2.39 bits per heavy atom. The van der Waals surface area contributed by atoms with Gasteiger partial charge in [0.05, 0.1) is 22.7 Å². The van der Waals surface area contributed by atoms with Gasteiger partial charge in [-0.1, -0.05) is 30.3 Å². The van der Waals surface area contributed by atoms with E-state index in [9.17, 15) is 22.8 Å². The molecular formula is C24H19F3N4O2. The SMILES string of the molecule is Cc1nccnc1C(=O)N[C@@H](C)c1cc2cccc(C(F)(F)F)c2c(=O)n1-c1ccccc1. The summed E-state index contributed by atoms with van der Waals surface area (Å²) in [5.41, 5.74) is -0.568. The number of nitrogens with one attached hydrogen (secondary N) is 1. The zero-order valence-electron chi connectivity index (χ0n) is 17.7. The molecule has 1 N–H and O–H groups in total. The third-order valence-corrected chi connectivity index (χ3v) is 5.28. The summed E-state index contributed by atoms with van der Waals surface area (Å²) in [6.07, 6.45) is -1.84. The lowest BCUT2D eigenvalue weighted by Gasteiger charge is -2.22. The topological polar surface area (TPSA) is 76.9 Å². The van der Waals surface area contributed by atoms with Crippen molar-refractivity contribution in [2.24, 2.45) is 0 Å². The molecule has 0 aliphatic rings. The molecule has 0 saturated heterocycles. The molecule has 0 bridgehead atoms. The average molecular weight is 452 g/mol. The predicted octanol–water partition coefficient (Wildman–Crippen LogP) is 4.60. The number of rotatable bonds is 4. The minimum absolute atomic E-state index is 0.123. The van der Waals surface area contributed by atoms with Crippen molar-refractivity contribution < 1.29 is 18.0 Å². The summed E-state index contributed by atoms with van der Waals surface area (Å²) < 4.78 is 42.2. The van der Waals surface area contributed by atoms with Crippen LogP contribution in [-0.4, -0.2) is 20.4 Å². The molecule has 2 aromatic heterocycles. The van der Waals surface area contributed by atoms with E-state index >= 15 is 0 Å². The number of halogens is 3. The molecule has 1 amide bonds. The van der Waals surface area contributed by atoms with Crippen LogP contribution in [0.4, 0.5) is 13.2 Å². The van der Waals surface area contributed by atoms with Crippen molar-refractivity contribution in [3.8, 4) is 5.69 Å². The van der Waals surface area contributed by atoms with E-state index in [1.807, 2.05) is 0 Å². The van der Waals surface area contributed by atoms with Crippen LogP contribution in [0.1, 0.15) is 40.4 Å². The van der Waals surface area contributed by atoms with Gasteiger partial charge in [0.2, 0.25) is 0 Å². The van der Waals surface area contributed by atoms with Gasteiger partial charge in [-0.15, -0.1) is 0 Å². The lowest BCUT2D eigenvalue weighted by atomic mass is 10.0. The standard InChI is InChI=1S/C24H19F3N4O2/c1-14(30-22(32)21-15(2)28-11-12-29-21)19-13-16-7-6-10-18(24(25,26)27)20(16)23(33)31(19)17-8-4-3-5-9-17/h3-14H,1-2H3,(H,30,32)/t14-/m0/s1. The number of para-hydroxylation sites is 1. The number of nitrogens with zero attached hydrogens (tertiary/aromatic N) is 3. The fourth-order valence-corrected chi connectivity index (χ4v) is 3.75. The average Bonchev–Trinajstić information content (AvgIpc) is 2.78. The summed E-state index contributed by atoms with van der Waals surface area (Å²) in [6, 6.07) is 12.7. The van der Waals surface area contributed by atoms with Crippen LogP contribution >= 0.6 is 0 Å². The summed E-state index contributed by atoms with van der Waals surface area (Å²) in [7, 11) is 0. The molecule has 0 spiro atoms. The summed E-state index contributed by atoms with van der Waals surface area (Å²) in [5, 5.41) is 2.48. The van der Waals surface area contributed by atoms with E-state index in [1.165, 1.54) is 35.2 Å². The number of aromatic nitrogens is 3. The summed E-state index contributed by atoms with van der Waals surface area (Å²) >= 11 is 0. The van der Waals surface area contributed by atoms with E-state index in [2.05, 4.69) is 15.3 Å². The summed E-state index contributed by atoms with van der Waals surface area (Å²) in [5.74, 6) is -0.510. The fraction of sp³-hybridized carbons (Fsp3) is 0.167. The van der Waals surface area contributed by atoms with E-state index < -0.39 is 34.6 Å². The quantitative estimate of drug-likeness (QED) is 0.491. The molecule has 33 heavy (non-hydrogen) atoms. The summed E-state index contributed by atoms with van der Waals surface area (Å²) in [4.78, 5) is 34.3. The number of fused-ring (bicyclic) bond motifs is 1. The van der Waals surface area contributed by atoms with E-state index in [4.69, 9.17) is 0 Å². The highest BCUT2D eigenvalue weighted by Gasteiger charge is 2.34. The highest BCUT2D eigenvalue weighted by molar-refractivity contribution is 5.93. The van der Waals surface area contributed by atoms with Crippen molar-refractivity contribution in [3.63, 3.8) is 0 Å². The van der Waals surface area contributed by atoms with Gasteiger partial charge in [-0.05, 0) is 43.5 Å². The Bertz CT molecular complexity index is 1400. The maximum Gasteiger partial charge on any atom is 0.417 e. The van der Waals surface area contributed by atoms with Crippen molar-refractivity contribution in [1.29, 1.82) is 0 Å². The van der Waals surface area contributed by atoms with Crippen molar-refractivity contribution in [1.82, 2.24) is 19.9 Å². The van der Waals surface area contributed by atoms with Crippen LogP contribution in [0.15, 0.2) is 71.8 Å². The second-order valence-electron chi connectivity index (χ2n) is 7.50. The zero-order valence-corrected chi connectivity index (χ0v) is 17.7. The molecule has 0 aliphatic carbocycles. The van der Waals surface area contributed by atoms with Crippen molar-refractivity contribution in [2.45, 2.75) is 26.1 Å². The lowest BCUT2D eigenvalue weighted by molar-refractivity contribution is -0.136. The minimum Gasteiger partial charge on any atom is -0.343 e. The number of amides is 1. The Hall–Kier alpha value is -4.01. The second-order valence-corrected chi connectivity index (χ2v) is 7.50. The molecule has 1 atom stereocenters. The van der Waals surface area contributed by atoms with Crippen LogP contribution < -0.4 is 10.9 Å². The number of carbonyl (C=O) groups is 1. The Morgan fingerprint density at radius 2 is 1.73 bits per heavy atom. The predicted molar refractivity (Wildman–Crippen MR) is 117 cm³/mol. The van der Waals surface area contributed by atoms with Crippen LogP contribution in [0.25, 0.3) is 16.5 Å². The first-order valence-electron chi connectivity index (χ1n) is 10.1. The molecule has 0 unspecified atom stereocenters. The third kappa shape index (κ3) is 4.21. The van der Waals surface area contributed by atoms with Crippen LogP contribution in [0, 0.1) is 6.92 Å². The van der Waals surface area contributed by atoms with Gasteiger partial charge in [0.15, 0.2) is 0 Å². The van der Waals surface area contributed by atoms with Gasteiger partial charge >= 0.3 is 6.18 Å². The molecule has 4 rings (SSSR count). The molecular weight excluding hydrogens is 433 g/mol. The van der Waals surface area contributed by atoms with Gasteiger partial charge in [-0.25, -0.2) is 4.98 Å². The molecule has 2 aromatic carbocycles. The molecule has 0 fully saturated rings. The Morgan fingerprint density at radius 1 is 1.03 bits per heavy atom. The first-order valence-corrected chi connectivity index (χ1v) is 10.1. The van der Waals surface area contributed by atoms with Gasteiger partial charge in [0.1, 0.15) is 5.69 Å². The van der Waals surface area contributed by atoms with Crippen LogP contribution in [-0.2, 0) is 6.18 Å². The van der Waals surface area contributed by atoms with E-state index in [0.717, 1.165) is 6.07 Å². The molecule has 0 radical (unpaired) electrons. The molecule has 4 aromatic rings. The molecule has 6 nitrogen and oxygen atoms in total. The smallest absolute Gasteiger partial charge is 0.343 e. The highest BCUT2D eigenvalue weighted by Crippen LogP contribution is 2.34. The van der Waals surface area contributed by atoms with E-state index in [0.29, 0.717) is 17.1 Å². The first kappa shape index (κ1) is 22.2. The minimum atomic E-state index is -4.70. The number of benzene rings is 2. The Labute approximate surface area is 186 Å². The van der Waals surface area contributed by atoms with Gasteiger partial charge in [-0.2, -0.15) is 13.2 Å². The Balaban J connectivity index is 1.91. The number of pyridine rings is 1. The maximum atomic E-state index is 13.7. The monoisotopic (exact) mass is 452 g/mol. The zero-order chi connectivity index (χ0) is 23.8. The molecule has 2 heterocycles. The van der Waals surface area contributed by atoms with Crippen LogP contribution in [0.3, 0.4) is 0 Å². The molecule has 9 heteroatoms. The molecule has 168 valence electrons. The normalized spacial score (nSPS) is 12.5. The fourth-order valence-electron chi connectivity index (χ4n) is 3.75. The molecule has 0 aliphatic heterocycles. The second kappa shape index (κ2) is 8.50. The lowest BCUT2D eigenvalue weighted by Crippen LogP contribution is -2.33. The van der Waals surface area contributed by atoms with Crippen molar-refractivity contribution >= 4 is 16.7 Å². The van der Waals surface area contributed by atoms with Crippen molar-refractivity contribution in [3.05, 3.63) is 100.0 Å².